The summed E-state index contributed by atoms with van der Waals surface area (Å²) in [6, 6.07) is 9.75. The van der Waals surface area contributed by atoms with Crippen LogP contribution >= 0.6 is 0 Å². The zero-order valence-corrected chi connectivity index (χ0v) is 9.76. The number of imidazole rings is 1. The highest BCUT2D eigenvalue weighted by Gasteiger charge is 1.98. The first-order chi connectivity index (χ1) is 8.31. The average molecular weight is 226 g/mol. The molecule has 3 nitrogen and oxygen atoms in total. The van der Waals surface area contributed by atoms with Gasteiger partial charge in [-0.25, -0.2) is 4.79 Å². The van der Waals surface area contributed by atoms with Crippen LogP contribution in [0.2, 0.25) is 0 Å². The van der Waals surface area contributed by atoms with E-state index in [0.29, 0.717) is 13.1 Å². The van der Waals surface area contributed by atoms with Gasteiger partial charge in [-0.2, -0.15) is 0 Å². The highest BCUT2D eigenvalue weighted by molar-refractivity contribution is 5.33. The minimum atomic E-state index is -0.00476. The predicted octanol–water partition coefficient (Wildman–Crippen LogP) is 1.72. The van der Waals surface area contributed by atoms with Gasteiger partial charge in [-0.15, -0.1) is 0 Å². The summed E-state index contributed by atoms with van der Waals surface area (Å²) < 4.78 is 3.27. The van der Waals surface area contributed by atoms with Gasteiger partial charge in [0.1, 0.15) is 0 Å². The normalized spacial score (nSPS) is 9.71. The third kappa shape index (κ3) is 2.67. The monoisotopic (exact) mass is 226 g/mol. The van der Waals surface area contributed by atoms with Crippen LogP contribution in [-0.4, -0.2) is 9.13 Å². The van der Waals surface area contributed by atoms with Crippen molar-refractivity contribution in [2.24, 2.45) is 0 Å². The first-order valence-corrected chi connectivity index (χ1v) is 5.60. The van der Waals surface area contributed by atoms with Gasteiger partial charge in [0, 0.05) is 24.5 Å². The fourth-order valence-corrected chi connectivity index (χ4v) is 1.56. The fraction of sp³-hybridized carbons (Fsp3) is 0.214. The maximum absolute atomic E-state index is 11.7. The van der Waals surface area contributed by atoms with E-state index in [2.05, 4.69) is 11.8 Å². The highest BCUT2D eigenvalue weighted by atomic mass is 16.1. The number of hydrogen-bond acceptors (Lipinski definition) is 1. The maximum atomic E-state index is 11.7. The highest BCUT2D eigenvalue weighted by Crippen LogP contribution is 1.94. The summed E-state index contributed by atoms with van der Waals surface area (Å²) in [4.78, 5) is 11.7. The Balaban J connectivity index is 2.11. The van der Waals surface area contributed by atoms with E-state index >= 15 is 0 Å². The van der Waals surface area contributed by atoms with Crippen LogP contribution in [0.5, 0.6) is 0 Å². The minimum Gasteiger partial charge on any atom is -0.299 e. The van der Waals surface area contributed by atoms with Crippen molar-refractivity contribution in [2.45, 2.75) is 20.0 Å². The van der Waals surface area contributed by atoms with Crippen LogP contribution in [0.15, 0.2) is 47.5 Å². The molecular weight excluding hydrogens is 212 g/mol. The van der Waals surface area contributed by atoms with Gasteiger partial charge in [0.25, 0.3) is 0 Å². The van der Waals surface area contributed by atoms with E-state index in [1.165, 1.54) is 0 Å². The lowest BCUT2D eigenvalue weighted by Gasteiger charge is -1.93. The number of hydrogen-bond donors (Lipinski definition) is 0. The first-order valence-electron chi connectivity index (χ1n) is 5.60. The molecule has 0 aliphatic heterocycles. The molecule has 0 unspecified atom stereocenters. The SMILES string of the molecule is CCn1ccn(CC#Cc2ccccc2)c1=O. The Kier molecular flexibility index (Phi) is 3.46. The third-order valence-electron chi connectivity index (χ3n) is 2.51. The Morgan fingerprint density at radius 3 is 2.47 bits per heavy atom. The van der Waals surface area contributed by atoms with Crippen molar-refractivity contribution >= 4 is 0 Å². The van der Waals surface area contributed by atoms with Crippen molar-refractivity contribution in [2.75, 3.05) is 0 Å². The second-order valence-electron chi connectivity index (χ2n) is 3.66. The van der Waals surface area contributed by atoms with E-state index < -0.39 is 0 Å². The molecule has 3 heteroatoms. The summed E-state index contributed by atoms with van der Waals surface area (Å²) in [7, 11) is 0. The Hall–Kier alpha value is -2.21. The molecule has 1 aromatic heterocycles. The summed E-state index contributed by atoms with van der Waals surface area (Å²) in [5.74, 6) is 6.02. The lowest BCUT2D eigenvalue weighted by atomic mass is 10.2. The van der Waals surface area contributed by atoms with Gasteiger partial charge in [-0.3, -0.25) is 9.13 Å². The van der Waals surface area contributed by atoms with Gasteiger partial charge in [0.05, 0.1) is 6.54 Å². The van der Waals surface area contributed by atoms with Crippen LogP contribution in [0.1, 0.15) is 12.5 Å². The molecule has 0 atom stereocenters. The van der Waals surface area contributed by atoms with Gasteiger partial charge < -0.3 is 0 Å². The quantitative estimate of drug-likeness (QED) is 0.716. The second kappa shape index (κ2) is 5.22. The number of aromatic nitrogens is 2. The molecule has 0 spiro atoms. The maximum Gasteiger partial charge on any atom is 0.328 e. The van der Waals surface area contributed by atoms with E-state index in [0.717, 1.165) is 5.56 Å². The summed E-state index contributed by atoms with van der Waals surface area (Å²) in [5, 5.41) is 0. The molecule has 1 heterocycles. The summed E-state index contributed by atoms with van der Waals surface area (Å²) in [5.41, 5.74) is 0.963. The lowest BCUT2D eigenvalue weighted by molar-refractivity contribution is 0.679. The van der Waals surface area contributed by atoms with Gasteiger partial charge in [-0.1, -0.05) is 30.0 Å². The average Bonchev–Trinajstić information content (AvgIpc) is 2.72. The van der Waals surface area contributed by atoms with E-state index in [1.807, 2.05) is 37.3 Å². The van der Waals surface area contributed by atoms with E-state index in [-0.39, 0.29) is 5.69 Å². The fourth-order valence-electron chi connectivity index (χ4n) is 1.56. The second-order valence-corrected chi connectivity index (χ2v) is 3.66. The number of aryl methyl sites for hydroxylation is 1. The minimum absolute atomic E-state index is 0.00476. The van der Waals surface area contributed by atoms with Gasteiger partial charge in [0.15, 0.2) is 0 Å². The molecule has 0 saturated heterocycles. The van der Waals surface area contributed by atoms with Crippen molar-refractivity contribution in [3.63, 3.8) is 0 Å². The van der Waals surface area contributed by atoms with E-state index in [9.17, 15) is 4.79 Å². The predicted molar refractivity (Wildman–Crippen MR) is 67.7 cm³/mol. The molecule has 17 heavy (non-hydrogen) atoms. The van der Waals surface area contributed by atoms with Gasteiger partial charge in [0.2, 0.25) is 0 Å². The third-order valence-corrected chi connectivity index (χ3v) is 2.51. The van der Waals surface area contributed by atoms with Crippen molar-refractivity contribution < 1.29 is 0 Å². The molecule has 0 bridgehead atoms. The molecule has 0 fully saturated rings. The van der Waals surface area contributed by atoms with E-state index in [4.69, 9.17) is 0 Å². The molecule has 2 rings (SSSR count). The number of rotatable bonds is 2. The Labute approximate surface area is 100 Å². The zero-order valence-electron chi connectivity index (χ0n) is 9.76. The standard InChI is InChI=1S/C14H14N2O/c1-2-15-11-12-16(14(15)17)10-6-9-13-7-4-3-5-8-13/h3-5,7-8,11-12H,2,10H2,1H3. The number of benzene rings is 1. The van der Waals surface area contributed by atoms with Crippen molar-refractivity contribution in [1.82, 2.24) is 9.13 Å². The Morgan fingerprint density at radius 2 is 1.82 bits per heavy atom. The van der Waals surface area contributed by atoms with E-state index in [1.54, 1.807) is 21.5 Å². The molecule has 0 aliphatic rings. The molecule has 0 saturated carbocycles. The van der Waals surface area contributed by atoms with Crippen LogP contribution < -0.4 is 5.69 Å². The number of nitrogens with zero attached hydrogens (tertiary/aromatic N) is 2. The molecular formula is C14H14N2O. The van der Waals surface area contributed by atoms with Gasteiger partial charge >= 0.3 is 5.69 Å². The van der Waals surface area contributed by atoms with Crippen molar-refractivity contribution in [3.05, 3.63) is 58.8 Å². The van der Waals surface area contributed by atoms with Crippen LogP contribution in [0.25, 0.3) is 0 Å². The molecule has 0 aliphatic carbocycles. The lowest BCUT2D eigenvalue weighted by Crippen LogP contribution is -2.23. The summed E-state index contributed by atoms with van der Waals surface area (Å²) in [6.45, 7) is 3.07. The van der Waals surface area contributed by atoms with Crippen molar-refractivity contribution in [1.29, 1.82) is 0 Å². The first kappa shape index (κ1) is 11.3. The smallest absolute Gasteiger partial charge is 0.299 e. The molecule has 0 radical (unpaired) electrons. The molecule has 86 valence electrons. The zero-order chi connectivity index (χ0) is 12.1. The van der Waals surface area contributed by atoms with Crippen LogP contribution in [0.3, 0.4) is 0 Å². The van der Waals surface area contributed by atoms with Crippen molar-refractivity contribution in [3.8, 4) is 11.8 Å². The van der Waals surface area contributed by atoms with Gasteiger partial charge in [-0.05, 0) is 19.1 Å². The topological polar surface area (TPSA) is 26.9 Å². The molecule has 0 amide bonds. The molecule has 2 aromatic rings. The van der Waals surface area contributed by atoms with Crippen LogP contribution in [0, 0.1) is 11.8 Å². The summed E-state index contributed by atoms with van der Waals surface area (Å²) >= 11 is 0. The molecule has 0 N–H and O–H groups in total. The Bertz CT molecular complexity index is 596. The van der Waals surface area contributed by atoms with Crippen LogP contribution in [0.4, 0.5) is 0 Å². The van der Waals surface area contributed by atoms with Crippen LogP contribution in [-0.2, 0) is 13.1 Å². The molecule has 1 aromatic carbocycles. The largest absolute Gasteiger partial charge is 0.328 e. The Morgan fingerprint density at radius 1 is 1.12 bits per heavy atom. The summed E-state index contributed by atoms with van der Waals surface area (Å²) in [6.07, 6.45) is 3.55.